The maximum Gasteiger partial charge on any atom is 0.221 e. The Balaban J connectivity index is 3.45. The Morgan fingerprint density at radius 3 is 2.00 bits per heavy atom. The molecule has 0 spiro atoms. The Morgan fingerprint density at radius 2 is 1.53 bits per heavy atom. The second-order valence-electron chi connectivity index (χ2n) is 2.63. The molecular formula is C8H4Cl3F2NO. The third-order valence-electron chi connectivity index (χ3n) is 1.51. The predicted molar refractivity (Wildman–Crippen MR) is 55.7 cm³/mol. The first-order valence-corrected chi connectivity index (χ1v) is 4.78. The molecular weight excluding hydrogens is 270 g/mol. The van der Waals surface area contributed by atoms with Gasteiger partial charge in [-0.2, -0.15) is 0 Å². The highest BCUT2D eigenvalue weighted by molar-refractivity contribution is 6.44. The van der Waals surface area contributed by atoms with Crippen molar-refractivity contribution in [1.82, 2.24) is 0 Å². The van der Waals surface area contributed by atoms with Crippen molar-refractivity contribution in [3.63, 3.8) is 0 Å². The summed E-state index contributed by atoms with van der Waals surface area (Å²) in [6, 6.07) is 0. The number of carbonyl (C=O) groups excluding carboxylic acids is 1. The van der Waals surface area contributed by atoms with E-state index in [0.29, 0.717) is 0 Å². The Morgan fingerprint density at radius 1 is 1.07 bits per heavy atom. The van der Waals surface area contributed by atoms with Crippen LogP contribution in [0.25, 0.3) is 0 Å². The molecule has 0 atom stereocenters. The van der Waals surface area contributed by atoms with E-state index in [4.69, 9.17) is 34.8 Å². The third-order valence-corrected chi connectivity index (χ3v) is 2.67. The first kappa shape index (κ1) is 12.5. The van der Waals surface area contributed by atoms with E-state index in [9.17, 15) is 13.6 Å². The van der Waals surface area contributed by atoms with Crippen LogP contribution < -0.4 is 5.32 Å². The number of carbonyl (C=O) groups is 1. The van der Waals surface area contributed by atoms with Gasteiger partial charge in [0.25, 0.3) is 0 Å². The van der Waals surface area contributed by atoms with Gasteiger partial charge in [-0.15, -0.1) is 0 Å². The molecule has 0 saturated heterocycles. The Bertz CT molecular complexity index is 407. The van der Waals surface area contributed by atoms with Crippen molar-refractivity contribution in [3.8, 4) is 0 Å². The Labute approximate surface area is 99.1 Å². The van der Waals surface area contributed by atoms with Crippen LogP contribution in [0.1, 0.15) is 6.92 Å². The lowest BCUT2D eigenvalue weighted by Gasteiger charge is -2.10. The van der Waals surface area contributed by atoms with Crippen LogP contribution in [-0.2, 0) is 4.79 Å². The molecule has 1 aromatic carbocycles. The van der Waals surface area contributed by atoms with Gasteiger partial charge in [-0.1, -0.05) is 34.8 Å². The summed E-state index contributed by atoms with van der Waals surface area (Å²) < 4.78 is 26.6. The maximum atomic E-state index is 13.4. The summed E-state index contributed by atoms with van der Waals surface area (Å²) in [4.78, 5) is 10.7. The fraction of sp³-hybridized carbons (Fsp3) is 0.125. The molecule has 0 aromatic heterocycles. The number of hydrogen-bond acceptors (Lipinski definition) is 1. The first-order valence-electron chi connectivity index (χ1n) is 3.65. The smallest absolute Gasteiger partial charge is 0.221 e. The summed E-state index contributed by atoms with van der Waals surface area (Å²) in [6.45, 7) is 1.12. The molecule has 2 nitrogen and oxygen atoms in total. The van der Waals surface area contributed by atoms with E-state index < -0.39 is 38.3 Å². The largest absolute Gasteiger partial charge is 0.322 e. The molecule has 7 heteroatoms. The number of amides is 1. The van der Waals surface area contributed by atoms with Crippen LogP contribution in [-0.4, -0.2) is 5.91 Å². The molecule has 0 unspecified atom stereocenters. The van der Waals surface area contributed by atoms with Crippen molar-refractivity contribution >= 4 is 46.4 Å². The van der Waals surface area contributed by atoms with Crippen LogP contribution in [0.15, 0.2) is 0 Å². The lowest BCUT2D eigenvalue weighted by molar-refractivity contribution is -0.114. The molecule has 0 aliphatic carbocycles. The monoisotopic (exact) mass is 273 g/mol. The minimum Gasteiger partial charge on any atom is -0.322 e. The molecule has 82 valence electrons. The van der Waals surface area contributed by atoms with Gasteiger partial charge >= 0.3 is 0 Å². The van der Waals surface area contributed by atoms with Crippen LogP contribution >= 0.6 is 34.8 Å². The van der Waals surface area contributed by atoms with Crippen LogP contribution in [0.4, 0.5) is 14.5 Å². The molecule has 0 fully saturated rings. The van der Waals surface area contributed by atoms with E-state index in [1.54, 1.807) is 0 Å². The Hall–Kier alpha value is -0.580. The zero-order valence-corrected chi connectivity index (χ0v) is 9.57. The summed E-state index contributed by atoms with van der Waals surface area (Å²) in [7, 11) is 0. The van der Waals surface area contributed by atoms with Gasteiger partial charge in [0.05, 0.1) is 5.02 Å². The average molecular weight is 274 g/mol. The number of benzene rings is 1. The summed E-state index contributed by atoms with van der Waals surface area (Å²) in [5.74, 6) is -2.75. The second kappa shape index (κ2) is 4.51. The topological polar surface area (TPSA) is 29.1 Å². The van der Waals surface area contributed by atoms with Crippen molar-refractivity contribution in [2.45, 2.75) is 6.92 Å². The normalized spacial score (nSPS) is 10.3. The van der Waals surface area contributed by atoms with Gasteiger partial charge in [0, 0.05) is 6.92 Å². The Kier molecular flexibility index (Phi) is 3.76. The number of halogens is 5. The number of hydrogen-bond donors (Lipinski definition) is 1. The van der Waals surface area contributed by atoms with E-state index in [1.807, 2.05) is 5.32 Å². The summed E-state index contributed by atoms with van der Waals surface area (Å²) in [6.07, 6.45) is 0. The molecule has 15 heavy (non-hydrogen) atoms. The number of rotatable bonds is 1. The molecule has 0 aliphatic rings. The van der Waals surface area contributed by atoms with Crippen LogP contribution in [0.2, 0.25) is 15.1 Å². The molecule has 1 aromatic rings. The molecule has 0 aliphatic heterocycles. The first-order chi connectivity index (χ1) is 6.86. The van der Waals surface area contributed by atoms with Gasteiger partial charge in [0.1, 0.15) is 15.7 Å². The maximum absolute atomic E-state index is 13.4. The summed E-state index contributed by atoms with van der Waals surface area (Å²) in [5.41, 5.74) is -0.518. The highest BCUT2D eigenvalue weighted by Crippen LogP contribution is 2.39. The van der Waals surface area contributed by atoms with Crippen LogP contribution in [0.5, 0.6) is 0 Å². The van der Waals surface area contributed by atoms with Crippen molar-refractivity contribution < 1.29 is 13.6 Å². The van der Waals surface area contributed by atoms with Gasteiger partial charge in [-0.05, 0) is 0 Å². The fourth-order valence-corrected chi connectivity index (χ4v) is 1.52. The van der Waals surface area contributed by atoms with E-state index >= 15 is 0 Å². The minimum atomic E-state index is -1.08. The lowest BCUT2D eigenvalue weighted by Crippen LogP contribution is -2.09. The number of anilines is 1. The molecule has 1 amide bonds. The summed E-state index contributed by atoms with van der Waals surface area (Å²) in [5, 5.41) is 0.167. The van der Waals surface area contributed by atoms with Crippen molar-refractivity contribution in [3.05, 3.63) is 26.7 Å². The summed E-state index contributed by atoms with van der Waals surface area (Å²) >= 11 is 16.2. The van der Waals surface area contributed by atoms with Crippen molar-refractivity contribution in [2.75, 3.05) is 5.32 Å². The zero-order valence-electron chi connectivity index (χ0n) is 7.30. The molecule has 1 rings (SSSR count). The van der Waals surface area contributed by atoms with Gasteiger partial charge in [0.15, 0.2) is 11.6 Å². The molecule has 0 heterocycles. The van der Waals surface area contributed by atoms with Gasteiger partial charge in [0.2, 0.25) is 5.91 Å². The molecule has 0 radical (unpaired) electrons. The molecule has 0 saturated carbocycles. The molecule has 1 N–H and O–H groups in total. The third kappa shape index (κ3) is 2.33. The van der Waals surface area contributed by atoms with Gasteiger partial charge < -0.3 is 5.32 Å². The quantitative estimate of drug-likeness (QED) is 0.611. The highest BCUT2D eigenvalue weighted by Gasteiger charge is 2.22. The standard InChI is InChI=1S/C8H4Cl3F2NO/c1-2(15)14-8-5(11)6(12)3(9)4(10)7(8)13/h1H3,(H,14,15). The predicted octanol–water partition coefficient (Wildman–Crippen LogP) is 3.88. The lowest BCUT2D eigenvalue weighted by atomic mass is 10.3. The van der Waals surface area contributed by atoms with Crippen LogP contribution in [0, 0.1) is 11.6 Å². The van der Waals surface area contributed by atoms with Gasteiger partial charge in [-0.3, -0.25) is 4.79 Å². The van der Waals surface area contributed by atoms with Crippen molar-refractivity contribution in [2.24, 2.45) is 0 Å². The van der Waals surface area contributed by atoms with Gasteiger partial charge in [-0.25, -0.2) is 8.78 Å². The van der Waals surface area contributed by atoms with Crippen molar-refractivity contribution in [1.29, 1.82) is 0 Å². The van der Waals surface area contributed by atoms with E-state index in [0.717, 1.165) is 6.92 Å². The second-order valence-corrected chi connectivity index (χ2v) is 3.76. The average Bonchev–Trinajstić information content (AvgIpc) is 2.18. The van der Waals surface area contributed by atoms with E-state index in [-0.39, 0.29) is 0 Å². The van der Waals surface area contributed by atoms with Crippen LogP contribution in [0.3, 0.4) is 0 Å². The zero-order chi connectivity index (χ0) is 11.7. The molecule has 0 bridgehead atoms. The van der Waals surface area contributed by atoms with E-state index in [2.05, 4.69) is 0 Å². The SMILES string of the molecule is CC(=O)Nc1c(F)c(Cl)c(Cl)c(F)c1Cl. The minimum absolute atomic E-state index is 0.518. The van der Waals surface area contributed by atoms with E-state index in [1.165, 1.54) is 0 Å². The number of nitrogens with one attached hydrogen (secondary N) is 1. The fourth-order valence-electron chi connectivity index (χ4n) is 0.891. The highest BCUT2D eigenvalue weighted by atomic mass is 35.5.